The van der Waals surface area contributed by atoms with Crippen LogP contribution in [0.2, 0.25) is 0 Å². The lowest BCUT2D eigenvalue weighted by atomic mass is 9.98. The number of halogens is 1. The van der Waals surface area contributed by atoms with E-state index < -0.39 is 11.9 Å². The summed E-state index contributed by atoms with van der Waals surface area (Å²) in [5.41, 5.74) is 12.6. The fourth-order valence-electron chi connectivity index (χ4n) is 11.0. The maximum atomic E-state index is 12.7. The molecule has 0 fully saturated rings. The van der Waals surface area contributed by atoms with Gasteiger partial charge in [0.15, 0.2) is 5.78 Å². The van der Waals surface area contributed by atoms with Gasteiger partial charge < -0.3 is 39.3 Å². The van der Waals surface area contributed by atoms with E-state index in [1.54, 1.807) is 39.0 Å². The lowest BCUT2D eigenvalue weighted by molar-refractivity contribution is -0.111. The summed E-state index contributed by atoms with van der Waals surface area (Å²) >= 11 is 5.37. The van der Waals surface area contributed by atoms with Crippen molar-refractivity contribution in [2.45, 2.75) is 87.0 Å². The quantitative estimate of drug-likeness (QED) is 0.0237. The van der Waals surface area contributed by atoms with Crippen molar-refractivity contribution < 1.29 is 48.1 Å². The van der Waals surface area contributed by atoms with E-state index in [1.165, 1.54) is 38.2 Å². The van der Waals surface area contributed by atoms with Crippen molar-refractivity contribution >= 4 is 89.6 Å². The average Bonchev–Trinajstić information content (AvgIpc) is 1.74. The number of esters is 3. The number of aromatic amines is 4. The number of hydrogen-bond donors (Lipinski definition) is 5. The van der Waals surface area contributed by atoms with E-state index >= 15 is 0 Å². The van der Waals surface area contributed by atoms with Gasteiger partial charge >= 0.3 is 23.9 Å². The van der Waals surface area contributed by atoms with Gasteiger partial charge in [-0.3, -0.25) is 9.59 Å². The van der Waals surface area contributed by atoms with E-state index in [-0.39, 0.29) is 28.7 Å². The highest BCUT2D eigenvalue weighted by atomic mass is 35.5. The van der Waals surface area contributed by atoms with Crippen molar-refractivity contribution in [1.29, 1.82) is 0 Å². The summed E-state index contributed by atoms with van der Waals surface area (Å²) in [6, 6.07) is 66.2. The molecule has 12 aromatic rings. The van der Waals surface area contributed by atoms with Gasteiger partial charge in [0.05, 0.1) is 19.8 Å². The zero-order chi connectivity index (χ0) is 66.4. The third kappa shape index (κ3) is 18.8. The van der Waals surface area contributed by atoms with Crippen LogP contribution in [0.3, 0.4) is 0 Å². The molecule has 0 aliphatic rings. The maximum Gasteiger partial charge on any atom is 0.354 e. The summed E-state index contributed by atoms with van der Waals surface area (Å²) in [6.45, 7) is 14.1. The standard InChI is InChI=1S/C20H19NO3.C20H21NO2.C18H17NO2.C12H9ClO.C8H11NO2/c1-3-24-20(23)18-12-17(13(2)21-18)19(22)11-15-9-6-8-14-7-4-5-10-16(14)15;1-3-23-20(22)19-13-17(14(2)21-19)12-11-16-9-6-8-15-7-4-5-10-18(15)16;1-12-15(11-17(19-12)18(20)21)10-9-14-7-4-6-13-5-2-3-8-16(13)14;13-12(14)8-10-6-3-5-9-4-1-2-7-11(9)10;1-3-11-8(10)7-5-4-6(2)9-7/h4-10,12,21H,3,11H2,1-2H3;4-10,13,21H,3,11-12H2,1-2H3;2-8,11,19H,9-10H2,1H3,(H,20,21);1-7H,8H2;4-5,9H,3H2,1-2H3. The number of fused-ring (bicyclic) bond motifs is 4. The predicted octanol–water partition coefficient (Wildman–Crippen LogP) is 17.1. The molecule has 0 aliphatic carbocycles. The van der Waals surface area contributed by atoms with Gasteiger partial charge in [-0.05, 0) is 193 Å². The molecule has 0 atom stereocenters. The third-order valence-corrected chi connectivity index (χ3v) is 15.8. The summed E-state index contributed by atoms with van der Waals surface area (Å²) in [7, 11) is 0. The maximum absolute atomic E-state index is 12.7. The minimum absolute atomic E-state index is 0.0179. The molecule has 0 radical (unpaired) electrons. The van der Waals surface area contributed by atoms with E-state index in [9.17, 15) is 28.8 Å². The summed E-state index contributed by atoms with van der Waals surface area (Å²) in [6.07, 6.45) is 4.17. The van der Waals surface area contributed by atoms with Crippen LogP contribution in [0.1, 0.15) is 129 Å². The lowest BCUT2D eigenvalue weighted by Gasteiger charge is -2.06. The van der Waals surface area contributed by atoms with Gasteiger partial charge in [-0.2, -0.15) is 0 Å². The smallest absolute Gasteiger partial charge is 0.354 e. The third-order valence-electron chi connectivity index (χ3n) is 15.6. The van der Waals surface area contributed by atoms with Crippen molar-refractivity contribution in [3.8, 4) is 0 Å². The van der Waals surface area contributed by atoms with Gasteiger partial charge in [0.1, 0.15) is 22.8 Å². The van der Waals surface area contributed by atoms with Gasteiger partial charge in [-0.15, -0.1) is 0 Å². The molecule has 476 valence electrons. The zero-order valence-electron chi connectivity index (χ0n) is 53.4. The summed E-state index contributed by atoms with van der Waals surface area (Å²) in [5, 5.41) is 18.2. The van der Waals surface area contributed by atoms with Gasteiger partial charge in [-0.25, -0.2) is 19.2 Å². The number of H-pyrrole nitrogens is 4. The fourth-order valence-corrected chi connectivity index (χ4v) is 11.2. The van der Waals surface area contributed by atoms with Gasteiger partial charge in [0.25, 0.3) is 0 Å². The normalized spacial score (nSPS) is 10.6. The van der Waals surface area contributed by atoms with Crippen LogP contribution < -0.4 is 0 Å². The Kier molecular flexibility index (Phi) is 24.6. The SMILES string of the molecule is CCOC(=O)c1cc(C(=O)Cc2cccc3ccccc23)c(C)[nH]1.CCOC(=O)c1cc(CCc2cccc3ccccc23)c(C)[nH]1.CCOC(=O)c1ccc(C)[nH]1.Cc1[nH]c(C(=O)O)cc1CCc1cccc2ccccc12.O=C(Cl)Cc1cccc2ccccc12. The average molecular weight is 1270 g/mol. The number of carbonyl (C=O) groups is 6. The van der Waals surface area contributed by atoms with Crippen molar-refractivity contribution in [1.82, 2.24) is 19.9 Å². The topological polar surface area (TPSA) is 213 Å². The molecule has 0 saturated heterocycles. The van der Waals surface area contributed by atoms with Crippen LogP contribution in [0.5, 0.6) is 0 Å². The molecule has 12 rings (SSSR count). The van der Waals surface area contributed by atoms with Crippen LogP contribution in [0.25, 0.3) is 43.1 Å². The molecule has 0 unspecified atom stereocenters. The molecule has 5 N–H and O–H groups in total. The molecule has 4 heterocycles. The fraction of sp³-hybridized carbons (Fsp3) is 0.205. The second-order valence-corrected chi connectivity index (χ2v) is 22.5. The highest BCUT2D eigenvalue weighted by molar-refractivity contribution is 6.63. The number of aryl methyl sites for hydroxylation is 8. The Morgan fingerprint density at radius 2 is 0.710 bits per heavy atom. The van der Waals surface area contributed by atoms with Crippen LogP contribution in [0.15, 0.2) is 200 Å². The highest BCUT2D eigenvalue weighted by Crippen LogP contribution is 2.26. The Morgan fingerprint density at radius 3 is 1.11 bits per heavy atom. The summed E-state index contributed by atoms with van der Waals surface area (Å²) < 4.78 is 14.8. The van der Waals surface area contributed by atoms with Gasteiger partial charge in [0.2, 0.25) is 5.24 Å². The number of rotatable bonds is 18. The minimum Gasteiger partial charge on any atom is -0.477 e. The minimum atomic E-state index is -0.908. The zero-order valence-corrected chi connectivity index (χ0v) is 54.2. The number of hydrogen-bond acceptors (Lipinski definition) is 9. The van der Waals surface area contributed by atoms with Crippen LogP contribution in [-0.4, -0.2) is 79.8 Å². The Bertz CT molecular complexity index is 4550. The Hall–Kier alpha value is -10.6. The molecule has 0 spiro atoms. The summed E-state index contributed by atoms with van der Waals surface area (Å²) in [4.78, 5) is 81.0. The number of carboxylic acids is 1. The molecule has 0 amide bonds. The second-order valence-electron chi connectivity index (χ2n) is 22.1. The first kappa shape index (κ1) is 68.3. The largest absolute Gasteiger partial charge is 0.477 e. The van der Waals surface area contributed by atoms with Crippen LogP contribution in [0.4, 0.5) is 0 Å². The first-order valence-corrected chi connectivity index (χ1v) is 31.4. The first-order chi connectivity index (χ1) is 44.9. The number of carboxylic acid groups (broad SMARTS) is 1. The second kappa shape index (κ2) is 33.5. The van der Waals surface area contributed by atoms with E-state index in [4.69, 9.17) is 30.9 Å². The van der Waals surface area contributed by atoms with E-state index in [0.717, 1.165) is 81.0 Å². The van der Waals surface area contributed by atoms with E-state index in [2.05, 4.69) is 98.8 Å². The molecule has 4 aromatic heterocycles. The monoisotopic (exact) mass is 1260 g/mol. The van der Waals surface area contributed by atoms with Gasteiger partial charge in [0, 0.05) is 41.2 Å². The number of aromatic nitrogens is 4. The Balaban J connectivity index is 0.000000153. The van der Waals surface area contributed by atoms with Crippen LogP contribution in [-0.2, 0) is 57.5 Å². The van der Waals surface area contributed by atoms with E-state index in [1.807, 2.05) is 131 Å². The molecule has 8 aromatic carbocycles. The van der Waals surface area contributed by atoms with Crippen molar-refractivity contribution in [2.24, 2.45) is 0 Å². The van der Waals surface area contributed by atoms with Crippen molar-refractivity contribution in [3.63, 3.8) is 0 Å². The molecule has 15 heteroatoms. The Labute approximate surface area is 546 Å². The van der Waals surface area contributed by atoms with Crippen molar-refractivity contribution in [3.05, 3.63) is 285 Å². The molecular weight excluding hydrogens is 1190 g/mol. The first-order valence-electron chi connectivity index (χ1n) is 31.0. The molecule has 93 heavy (non-hydrogen) atoms. The number of benzene rings is 8. The Morgan fingerprint density at radius 1 is 0.366 bits per heavy atom. The number of ether oxygens (including phenoxy) is 3. The lowest BCUT2D eigenvalue weighted by Crippen LogP contribution is -2.05. The number of ketones is 1. The predicted molar refractivity (Wildman–Crippen MR) is 370 cm³/mol. The summed E-state index contributed by atoms with van der Waals surface area (Å²) in [5.74, 6) is -1.94. The molecule has 0 aliphatic heterocycles. The van der Waals surface area contributed by atoms with E-state index in [0.29, 0.717) is 61.0 Å². The van der Waals surface area contributed by atoms with Crippen LogP contribution in [0, 0.1) is 27.7 Å². The molecule has 0 saturated carbocycles. The molecule has 0 bridgehead atoms. The number of Topliss-reactive ketones (excluding diaryl/α,β-unsaturated/α-hetero) is 1. The number of nitrogens with one attached hydrogen (secondary N) is 4. The van der Waals surface area contributed by atoms with Crippen LogP contribution >= 0.6 is 11.6 Å². The number of carbonyl (C=O) groups excluding carboxylic acids is 5. The molecule has 14 nitrogen and oxygen atoms in total. The number of aromatic carboxylic acids is 1. The molecular formula is C78H77ClN4O10. The highest BCUT2D eigenvalue weighted by Gasteiger charge is 2.19. The van der Waals surface area contributed by atoms with Gasteiger partial charge in [-0.1, -0.05) is 170 Å². The van der Waals surface area contributed by atoms with Crippen molar-refractivity contribution in [2.75, 3.05) is 19.8 Å².